The first-order valence-corrected chi connectivity index (χ1v) is 6.78. The number of nitrogens with one attached hydrogen (secondary N) is 1. The molecule has 0 saturated carbocycles. The van der Waals surface area contributed by atoms with Crippen molar-refractivity contribution in [2.75, 3.05) is 12.3 Å². The zero-order chi connectivity index (χ0) is 12.9. The number of carbonyl (C=O) groups excluding carboxylic acids is 1. The van der Waals surface area contributed by atoms with Crippen LogP contribution in [0.2, 0.25) is 0 Å². The van der Waals surface area contributed by atoms with Crippen molar-refractivity contribution in [3.05, 3.63) is 11.9 Å². The molecule has 1 aromatic rings. The fourth-order valence-corrected chi connectivity index (χ4v) is 2.18. The minimum Gasteiger partial charge on any atom is -0.329 e. The van der Waals surface area contributed by atoms with Crippen LogP contribution >= 0.6 is 0 Å². The van der Waals surface area contributed by atoms with E-state index in [0.29, 0.717) is 19.5 Å². The van der Waals surface area contributed by atoms with Gasteiger partial charge in [-0.05, 0) is 6.42 Å². The standard InChI is InChI=1S/C8H15N5O3S/c1-2-5-17(15,16)11-8(14)7-6-13(4-3-9)12-10-7/h6H,2-5,9H2,1H3,(H,11,14). The number of carbonyl (C=O) groups is 1. The van der Waals surface area contributed by atoms with Crippen LogP contribution in [0, 0.1) is 0 Å². The minimum atomic E-state index is -3.58. The van der Waals surface area contributed by atoms with Crippen LogP contribution in [0.25, 0.3) is 0 Å². The fourth-order valence-electron chi connectivity index (χ4n) is 1.16. The van der Waals surface area contributed by atoms with Gasteiger partial charge in [0.2, 0.25) is 10.0 Å². The molecule has 0 spiro atoms. The summed E-state index contributed by atoms with van der Waals surface area (Å²) in [6.45, 7) is 2.49. The molecule has 0 radical (unpaired) electrons. The summed E-state index contributed by atoms with van der Waals surface area (Å²) < 4.78 is 26.0. The summed E-state index contributed by atoms with van der Waals surface area (Å²) in [5.74, 6) is -0.878. The number of nitrogens with zero attached hydrogens (tertiary/aromatic N) is 3. The van der Waals surface area contributed by atoms with Crippen LogP contribution in [-0.4, -0.2) is 41.6 Å². The summed E-state index contributed by atoms with van der Waals surface area (Å²) in [6, 6.07) is 0. The van der Waals surface area contributed by atoms with Gasteiger partial charge < -0.3 is 5.73 Å². The molecular formula is C8H15N5O3S. The Morgan fingerprint density at radius 3 is 2.88 bits per heavy atom. The first kappa shape index (κ1) is 13.6. The van der Waals surface area contributed by atoms with Crippen LogP contribution < -0.4 is 10.5 Å². The first-order chi connectivity index (χ1) is 7.98. The molecule has 1 rings (SSSR count). The molecule has 0 atom stereocenters. The molecule has 0 aromatic carbocycles. The second-order valence-corrected chi connectivity index (χ2v) is 5.25. The van der Waals surface area contributed by atoms with Crippen LogP contribution in [0.15, 0.2) is 6.20 Å². The van der Waals surface area contributed by atoms with E-state index in [4.69, 9.17) is 5.73 Å². The maximum absolute atomic E-state index is 11.5. The third kappa shape index (κ3) is 4.11. The van der Waals surface area contributed by atoms with E-state index in [1.54, 1.807) is 6.92 Å². The average Bonchev–Trinajstić information content (AvgIpc) is 2.66. The lowest BCUT2D eigenvalue weighted by Gasteiger charge is -2.02. The smallest absolute Gasteiger partial charge is 0.286 e. The van der Waals surface area contributed by atoms with Crippen molar-refractivity contribution < 1.29 is 13.2 Å². The second-order valence-electron chi connectivity index (χ2n) is 3.41. The Bertz CT molecular complexity index is 481. The lowest BCUT2D eigenvalue weighted by Crippen LogP contribution is -2.32. The van der Waals surface area contributed by atoms with Gasteiger partial charge in [-0.1, -0.05) is 12.1 Å². The Kier molecular flexibility index (Phi) is 4.58. The molecule has 1 amide bonds. The molecule has 0 unspecified atom stereocenters. The molecule has 0 saturated heterocycles. The number of sulfonamides is 1. The van der Waals surface area contributed by atoms with Crippen LogP contribution in [0.3, 0.4) is 0 Å². The molecule has 3 N–H and O–H groups in total. The Morgan fingerprint density at radius 1 is 1.59 bits per heavy atom. The molecule has 0 aliphatic rings. The molecule has 17 heavy (non-hydrogen) atoms. The number of nitrogens with two attached hydrogens (primary N) is 1. The highest BCUT2D eigenvalue weighted by Gasteiger charge is 2.17. The van der Waals surface area contributed by atoms with Crippen molar-refractivity contribution >= 4 is 15.9 Å². The summed E-state index contributed by atoms with van der Waals surface area (Å²) >= 11 is 0. The zero-order valence-electron chi connectivity index (χ0n) is 9.46. The maximum Gasteiger partial charge on any atom is 0.286 e. The van der Waals surface area contributed by atoms with E-state index in [1.165, 1.54) is 10.9 Å². The Balaban J connectivity index is 2.69. The highest BCUT2D eigenvalue weighted by molar-refractivity contribution is 7.90. The second kappa shape index (κ2) is 5.73. The molecule has 1 heterocycles. The van der Waals surface area contributed by atoms with Crippen LogP contribution in [-0.2, 0) is 16.6 Å². The third-order valence-corrected chi connectivity index (χ3v) is 3.29. The van der Waals surface area contributed by atoms with E-state index in [1.807, 2.05) is 4.72 Å². The molecule has 96 valence electrons. The molecule has 1 aromatic heterocycles. The summed E-state index contributed by atoms with van der Waals surface area (Å²) in [5, 5.41) is 7.19. The summed E-state index contributed by atoms with van der Waals surface area (Å²) in [5.41, 5.74) is 5.26. The Morgan fingerprint density at radius 2 is 2.29 bits per heavy atom. The van der Waals surface area contributed by atoms with Gasteiger partial charge in [0.05, 0.1) is 18.5 Å². The summed E-state index contributed by atoms with van der Waals surface area (Å²) in [7, 11) is -3.58. The van der Waals surface area contributed by atoms with Gasteiger partial charge in [0.25, 0.3) is 5.91 Å². The lowest BCUT2D eigenvalue weighted by molar-refractivity contribution is 0.0976. The van der Waals surface area contributed by atoms with Crippen molar-refractivity contribution in [1.82, 2.24) is 19.7 Å². The summed E-state index contributed by atoms with van der Waals surface area (Å²) in [6.07, 6.45) is 1.78. The van der Waals surface area contributed by atoms with Gasteiger partial charge in [0, 0.05) is 6.54 Å². The number of hydrogen-bond donors (Lipinski definition) is 2. The van der Waals surface area contributed by atoms with E-state index in [2.05, 4.69) is 10.3 Å². The van der Waals surface area contributed by atoms with E-state index >= 15 is 0 Å². The lowest BCUT2D eigenvalue weighted by atomic mass is 10.5. The number of amides is 1. The summed E-state index contributed by atoms with van der Waals surface area (Å²) in [4.78, 5) is 11.5. The SMILES string of the molecule is CCCS(=O)(=O)NC(=O)c1cn(CCN)nn1. The molecule has 0 fully saturated rings. The van der Waals surface area contributed by atoms with E-state index in [9.17, 15) is 13.2 Å². The molecule has 0 aliphatic heterocycles. The number of aromatic nitrogens is 3. The molecule has 0 aliphatic carbocycles. The van der Waals surface area contributed by atoms with Crippen LogP contribution in [0.1, 0.15) is 23.8 Å². The molecule has 0 bridgehead atoms. The van der Waals surface area contributed by atoms with Gasteiger partial charge in [0.15, 0.2) is 5.69 Å². The topological polar surface area (TPSA) is 120 Å². The van der Waals surface area contributed by atoms with Crippen LogP contribution in [0.5, 0.6) is 0 Å². The van der Waals surface area contributed by atoms with Crippen molar-refractivity contribution in [2.24, 2.45) is 5.73 Å². The van der Waals surface area contributed by atoms with Gasteiger partial charge in [-0.2, -0.15) is 0 Å². The van der Waals surface area contributed by atoms with E-state index < -0.39 is 15.9 Å². The van der Waals surface area contributed by atoms with Gasteiger partial charge >= 0.3 is 0 Å². The highest BCUT2D eigenvalue weighted by atomic mass is 32.2. The van der Waals surface area contributed by atoms with E-state index in [0.717, 1.165) is 0 Å². The highest BCUT2D eigenvalue weighted by Crippen LogP contribution is 1.96. The van der Waals surface area contributed by atoms with Gasteiger partial charge in [0.1, 0.15) is 0 Å². The number of rotatable bonds is 6. The quantitative estimate of drug-likeness (QED) is 0.657. The van der Waals surface area contributed by atoms with Crippen molar-refractivity contribution in [1.29, 1.82) is 0 Å². The third-order valence-electron chi connectivity index (χ3n) is 1.85. The predicted molar refractivity (Wildman–Crippen MR) is 60.6 cm³/mol. The zero-order valence-corrected chi connectivity index (χ0v) is 10.3. The molecule has 9 heteroatoms. The van der Waals surface area contributed by atoms with Crippen LogP contribution in [0.4, 0.5) is 0 Å². The van der Waals surface area contributed by atoms with E-state index in [-0.39, 0.29) is 11.4 Å². The Hall–Kier alpha value is -1.48. The van der Waals surface area contributed by atoms with Gasteiger partial charge in [-0.25, -0.2) is 13.1 Å². The van der Waals surface area contributed by atoms with Crippen molar-refractivity contribution in [2.45, 2.75) is 19.9 Å². The largest absolute Gasteiger partial charge is 0.329 e. The fraction of sp³-hybridized carbons (Fsp3) is 0.625. The predicted octanol–water partition coefficient (Wildman–Crippen LogP) is -1.29. The maximum atomic E-state index is 11.5. The monoisotopic (exact) mass is 261 g/mol. The molecule has 8 nitrogen and oxygen atoms in total. The number of hydrogen-bond acceptors (Lipinski definition) is 6. The average molecular weight is 261 g/mol. The molecular weight excluding hydrogens is 246 g/mol. The van der Waals surface area contributed by atoms with Crippen molar-refractivity contribution in [3.8, 4) is 0 Å². The minimum absolute atomic E-state index is 0.0434. The van der Waals surface area contributed by atoms with Gasteiger partial charge in [-0.15, -0.1) is 5.10 Å². The normalized spacial score (nSPS) is 11.4. The van der Waals surface area contributed by atoms with Gasteiger partial charge in [-0.3, -0.25) is 9.48 Å². The first-order valence-electron chi connectivity index (χ1n) is 5.13. The Labute approximate surface area is 99.2 Å². The van der Waals surface area contributed by atoms with Crippen molar-refractivity contribution in [3.63, 3.8) is 0 Å².